The van der Waals surface area contributed by atoms with Crippen molar-refractivity contribution in [3.63, 3.8) is 0 Å². The Balaban J connectivity index is 1.87. The van der Waals surface area contributed by atoms with E-state index in [-0.39, 0.29) is 6.54 Å². The van der Waals surface area contributed by atoms with Crippen molar-refractivity contribution in [2.45, 2.75) is 18.9 Å². The summed E-state index contributed by atoms with van der Waals surface area (Å²) in [6.45, 7) is 0.800. The maximum absolute atomic E-state index is 12.4. The monoisotopic (exact) mass is 378 g/mol. The van der Waals surface area contributed by atoms with Gasteiger partial charge in [-0.15, -0.1) is 0 Å². The lowest BCUT2D eigenvalue weighted by atomic mass is 9.92. The summed E-state index contributed by atoms with van der Waals surface area (Å²) in [6.07, 6.45) is 1.25. The van der Waals surface area contributed by atoms with Gasteiger partial charge in [-0.25, -0.2) is 0 Å². The second-order valence-electron chi connectivity index (χ2n) is 7.24. The highest BCUT2D eigenvalue weighted by atomic mass is 16.4. The molecule has 1 aromatic heterocycles. The van der Waals surface area contributed by atoms with Gasteiger partial charge in [-0.1, -0.05) is 48.5 Å². The molecule has 28 heavy (non-hydrogen) atoms. The van der Waals surface area contributed by atoms with Gasteiger partial charge in [0.25, 0.3) is 0 Å². The van der Waals surface area contributed by atoms with Crippen molar-refractivity contribution in [3.05, 3.63) is 60.2 Å². The predicted molar refractivity (Wildman–Crippen MR) is 106 cm³/mol. The largest absolute Gasteiger partial charge is 0.481 e. The molecule has 6 heteroatoms. The van der Waals surface area contributed by atoms with Crippen LogP contribution in [0.25, 0.3) is 22.2 Å². The average Bonchev–Trinajstić information content (AvgIpc) is 3.08. The van der Waals surface area contributed by atoms with E-state index in [1.165, 1.54) is 0 Å². The molecule has 1 aliphatic heterocycles. The van der Waals surface area contributed by atoms with Gasteiger partial charge in [-0.2, -0.15) is 0 Å². The van der Waals surface area contributed by atoms with Gasteiger partial charge >= 0.3 is 11.9 Å². The Labute approximate surface area is 162 Å². The molecule has 1 fully saturated rings. The molecule has 0 amide bonds. The average molecular weight is 378 g/mol. The topological polar surface area (TPSA) is 93.6 Å². The Morgan fingerprint density at radius 2 is 1.75 bits per heavy atom. The molecule has 0 radical (unpaired) electrons. The summed E-state index contributed by atoms with van der Waals surface area (Å²) >= 11 is 0. The number of carboxylic acids is 2. The number of nitrogens with zero attached hydrogens (tertiary/aromatic N) is 1. The molecule has 3 N–H and O–H groups in total. The number of aliphatic carboxylic acids is 2. The maximum Gasteiger partial charge on any atom is 0.325 e. The Morgan fingerprint density at radius 1 is 1.04 bits per heavy atom. The summed E-state index contributed by atoms with van der Waals surface area (Å²) < 4.78 is 0. The lowest BCUT2D eigenvalue weighted by Crippen LogP contribution is -2.43. The van der Waals surface area contributed by atoms with E-state index >= 15 is 0 Å². The van der Waals surface area contributed by atoms with Gasteiger partial charge in [0.2, 0.25) is 0 Å². The Morgan fingerprint density at radius 3 is 2.46 bits per heavy atom. The van der Waals surface area contributed by atoms with Crippen LogP contribution in [0.3, 0.4) is 0 Å². The van der Waals surface area contributed by atoms with Crippen molar-refractivity contribution in [1.82, 2.24) is 9.88 Å². The van der Waals surface area contributed by atoms with Crippen molar-refractivity contribution >= 4 is 22.8 Å². The Hall–Kier alpha value is -3.12. The molecule has 1 aliphatic rings. The van der Waals surface area contributed by atoms with Crippen LogP contribution in [0.2, 0.25) is 0 Å². The zero-order chi connectivity index (χ0) is 19.7. The normalized spacial score (nSPS) is 18.8. The molecule has 144 valence electrons. The number of rotatable bonds is 5. The number of carboxylic acid groups (broad SMARTS) is 2. The Bertz CT molecular complexity index is 1010. The van der Waals surface area contributed by atoms with Crippen LogP contribution in [0.5, 0.6) is 0 Å². The third-order valence-corrected chi connectivity index (χ3v) is 5.48. The molecule has 1 saturated heterocycles. The summed E-state index contributed by atoms with van der Waals surface area (Å²) in [7, 11) is 0. The summed E-state index contributed by atoms with van der Waals surface area (Å²) in [5.41, 5.74) is 3.24. The van der Waals surface area contributed by atoms with Crippen molar-refractivity contribution in [2.24, 2.45) is 5.92 Å². The summed E-state index contributed by atoms with van der Waals surface area (Å²) in [5.74, 6) is -2.37. The van der Waals surface area contributed by atoms with Crippen LogP contribution in [-0.2, 0) is 9.59 Å². The second kappa shape index (κ2) is 7.48. The molecule has 0 saturated carbocycles. The van der Waals surface area contributed by atoms with Gasteiger partial charge < -0.3 is 15.2 Å². The van der Waals surface area contributed by atoms with Crippen LogP contribution in [-0.4, -0.2) is 45.1 Å². The van der Waals surface area contributed by atoms with E-state index in [4.69, 9.17) is 0 Å². The molecular formula is C22H22N2O4. The number of hydrogen-bond acceptors (Lipinski definition) is 3. The van der Waals surface area contributed by atoms with E-state index in [0.29, 0.717) is 24.9 Å². The lowest BCUT2D eigenvalue weighted by molar-refractivity contribution is -0.149. The van der Waals surface area contributed by atoms with Crippen molar-refractivity contribution < 1.29 is 19.8 Å². The van der Waals surface area contributed by atoms with Gasteiger partial charge in [-0.05, 0) is 31.0 Å². The molecule has 3 aromatic rings. The van der Waals surface area contributed by atoms with E-state index in [1.54, 1.807) is 4.90 Å². The molecule has 6 nitrogen and oxygen atoms in total. The number of carbonyl (C=O) groups is 2. The van der Waals surface area contributed by atoms with Crippen LogP contribution in [0.4, 0.5) is 0 Å². The number of nitrogens with one attached hydrogen (secondary N) is 1. The fourth-order valence-corrected chi connectivity index (χ4v) is 4.18. The maximum atomic E-state index is 12.4. The number of piperidine rings is 1. The van der Waals surface area contributed by atoms with E-state index in [1.807, 2.05) is 54.6 Å². The predicted octanol–water partition coefficient (Wildman–Crippen LogP) is 3.76. The first kappa shape index (κ1) is 18.3. The van der Waals surface area contributed by atoms with E-state index in [2.05, 4.69) is 4.98 Å². The second-order valence-corrected chi connectivity index (χ2v) is 7.24. The van der Waals surface area contributed by atoms with Crippen LogP contribution in [0, 0.1) is 5.92 Å². The highest BCUT2D eigenvalue weighted by molar-refractivity contribution is 5.95. The van der Waals surface area contributed by atoms with Gasteiger partial charge in [0, 0.05) is 23.0 Å². The number of aromatic nitrogens is 1. The first-order valence-corrected chi connectivity index (χ1v) is 9.42. The van der Waals surface area contributed by atoms with Crippen LogP contribution >= 0.6 is 0 Å². The summed E-state index contributed by atoms with van der Waals surface area (Å²) in [6, 6.07) is 16.4. The molecule has 0 spiro atoms. The van der Waals surface area contributed by atoms with Crippen molar-refractivity contribution in [3.8, 4) is 11.3 Å². The molecule has 0 bridgehead atoms. The van der Waals surface area contributed by atoms with Crippen LogP contribution in [0.1, 0.15) is 24.4 Å². The third kappa shape index (κ3) is 3.27. The summed E-state index contributed by atoms with van der Waals surface area (Å²) in [5, 5.41) is 20.4. The fraction of sp³-hybridized carbons (Fsp3) is 0.273. The van der Waals surface area contributed by atoms with Gasteiger partial charge in [0.15, 0.2) is 0 Å². The first-order valence-electron chi connectivity index (χ1n) is 9.42. The van der Waals surface area contributed by atoms with E-state index < -0.39 is 23.9 Å². The molecule has 2 atom stereocenters. The van der Waals surface area contributed by atoms with Crippen molar-refractivity contribution in [1.29, 1.82) is 0 Å². The number of fused-ring (bicyclic) bond motifs is 1. The van der Waals surface area contributed by atoms with E-state index in [9.17, 15) is 19.8 Å². The number of H-pyrrole nitrogens is 1. The highest BCUT2D eigenvalue weighted by Crippen LogP contribution is 2.38. The Kier molecular flexibility index (Phi) is 4.88. The van der Waals surface area contributed by atoms with Gasteiger partial charge in [0.05, 0.1) is 11.6 Å². The molecule has 2 heterocycles. The number of aromatic amines is 1. The molecule has 0 unspecified atom stereocenters. The number of benzene rings is 2. The highest BCUT2D eigenvalue weighted by Gasteiger charge is 2.37. The van der Waals surface area contributed by atoms with E-state index in [0.717, 1.165) is 22.2 Å². The molecule has 0 aliphatic carbocycles. The minimum Gasteiger partial charge on any atom is -0.481 e. The standard InChI is InChI=1S/C22H22N2O4/c25-21(26)15-9-6-12-24(13-15)20(22(27)28)18-16-10-4-5-11-17(16)23-19(18)14-7-2-1-3-8-14/h1-5,7-8,10-11,15,20,23H,6,9,12-13H2,(H,25,26)(H,27,28)/t15-,20+/m0/s1. The first-order chi connectivity index (χ1) is 13.6. The molecule has 4 rings (SSSR count). The lowest BCUT2D eigenvalue weighted by Gasteiger charge is -2.35. The summed E-state index contributed by atoms with van der Waals surface area (Å²) in [4.78, 5) is 29.1. The minimum absolute atomic E-state index is 0.236. The smallest absolute Gasteiger partial charge is 0.325 e. The number of likely N-dealkylation sites (tertiary alicyclic amines) is 1. The third-order valence-electron chi connectivity index (χ3n) is 5.48. The van der Waals surface area contributed by atoms with Crippen LogP contribution < -0.4 is 0 Å². The number of hydrogen-bond donors (Lipinski definition) is 3. The zero-order valence-corrected chi connectivity index (χ0v) is 15.3. The molecular weight excluding hydrogens is 356 g/mol. The zero-order valence-electron chi connectivity index (χ0n) is 15.3. The fourth-order valence-electron chi connectivity index (χ4n) is 4.18. The van der Waals surface area contributed by atoms with Gasteiger partial charge in [-0.3, -0.25) is 14.5 Å². The minimum atomic E-state index is -0.965. The SMILES string of the molecule is O=C(O)[C@H]1CCCN([C@@H](C(=O)O)c2c(-c3ccccc3)[nH]c3ccccc23)C1. The van der Waals surface area contributed by atoms with Gasteiger partial charge in [0.1, 0.15) is 6.04 Å². The molecule has 2 aromatic carbocycles. The van der Waals surface area contributed by atoms with Crippen molar-refractivity contribution in [2.75, 3.05) is 13.1 Å². The van der Waals surface area contributed by atoms with Crippen LogP contribution in [0.15, 0.2) is 54.6 Å². The quantitative estimate of drug-likeness (QED) is 0.629. The number of para-hydroxylation sites is 1.